The number of carbonyl (C=O) groups is 1. The van der Waals surface area contributed by atoms with Crippen LogP contribution >= 0.6 is 0 Å². The van der Waals surface area contributed by atoms with Crippen LogP contribution in [0.3, 0.4) is 0 Å². The van der Waals surface area contributed by atoms with Gasteiger partial charge in [0.2, 0.25) is 0 Å². The maximum Gasteiger partial charge on any atom is 0.499 e. The van der Waals surface area contributed by atoms with Crippen LogP contribution in [0.2, 0.25) is 0 Å². The molecule has 0 radical (unpaired) electrons. The summed E-state index contributed by atoms with van der Waals surface area (Å²) < 4.78 is 67.9. The van der Waals surface area contributed by atoms with Crippen LogP contribution in [0.15, 0.2) is 48.8 Å². The summed E-state index contributed by atoms with van der Waals surface area (Å²) in [6.45, 7) is 0. The number of nitrogens with zero attached hydrogens (tertiary/aromatic N) is 3. The fourth-order valence-electron chi connectivity index (χ4n) is 3.43. The number of benzene rings is 2. The highest BCUT2D eigenvalue weighted by atomic mass is 19.4. The van der Waals surface area contributed by atoms with Gasteiger partial charge in [-0.15, -0.1) is 5.10 Å². The second-order valence-corrected chi connectivity index (χ2v) is 7.16. The minimum atomic E-state index is -5.83. The number of hydrogen-bond acceptors (Lipinski definition) is 4. The van der Waals surface area contributed by atoms with E-state index in [4.69, 9.17) is 5.11 Å². The molecule has 1 aliphatic carbocycles. The van der Waals surface area contributed by atoms with Crippen molar-refractivity contribution in [2.24, 2.45) is 0 Å². The Balaban J connectivity index is 1.49. The van der Waals surface area contributed by atoms with Gasteiger partial charge < -0.3 is 15.2 Å². The predicted octanol–water partition coefficient (Wildman–Crippen LogP) is 4.20. The van der Waals surface area contributed by atoms with Crippen LogP contribution in [0.4, 0.5) is 26.7 Å². The molecule has 168 valence electrons. The molecule has 0 spiro atoms. The van der Waals surface area contributed by atoms with Crippen molar-refractivity contribution in [1.82, 2.24) is 20.1 Å². The molecule has 0 aliphatic heterocycles. The molecule has 0 fully saturated rings. The van der Waals surface area contributed by atoms with Crippen LogP contribution in [0.5, 0.6) is 5.75 Å². The molecule has 3 aromatic rings. The zero-order valence-corrected chi connectivity index (χ0v) is 16.1. The van der Waals surface area contributed by atoms with Gasteiger partial charge in [-0.1, -0.05) is 12.1 Å². The molecule has 4 rings (SSSR count). The second kappa shape index (κ2) is 7.77. The van der Waals surface area contributed by atoms with Crippen LogP contribution in [-0.2, 0) is 12.8 Å². The van der Waals surface area contributed by atoms with Crippen LogP contribution in [0.1, 0.15) is 11.1 Å². The molecule has 0 saturated heterocycles. The molecule has 1 aromatic heterocycles. The van der Waals surface area contributed by atoms with E-state index in [1.54, 1.807) is 6.07 Å². The van der Waals surface area contributed by atoms with Crippen molar-refractivity contribution < 1.29 is 36.6 Å². The first-order valence-corrected chi connectivity index (χ1v) is 9.29. The molecule has 0 bridgehead atoms. The van der Waals surface area contributed by atoms with E-state index in [9.17, 15) is 26.7 Å². The maximum absolute atomic E-state index is 13.0. The quantitative estimate of drug-likeness (QED) is 0.564. The van der Waals surface area contributed by atoms with Crippen molar-refractivity contribution in [3.8, 4) is 22.8 Å². The largest absolute Gasteiger partial charge is 0.499 e. The highest BCUT2D eigenvalue weighted by Gasteiger charge is 2.61. The molecular weight excluding hydrogens is 439 g/mol. The first-order chi connectivity index (χ1) is 15.0. The van der Waals surface area contributed by atoms with E-state index in [2.05, 4.69) is 20.1 Å². The molecule has 1 amide bonds. The van der Waals surface area contributed by atoms with Crippen molar-refractivity contribution in [1.29, 1.82) is 0 Å². The summed E-state index contributed by atoms with van der Waals surface area (Å²) in [4.78, 5) is 15.0. The molecule has 0 saturated carbocycles. The molecular formula is C20H15F5N4O3. The summed E-state index contributed by atoms with van der Waals surface area (Å²) in [6, 6.07) is 9.83. The van der Waals surface area contributed by atoms with Gasteiger partial charge in [-0.3, -0.25) is 0 Å². The number of ether oxygens (including phenoxy) is 1. The van der Waals surface area contributed by atoms with Gasteiger partial charge in [0.1, 0.15) is 12.1 Å². The third-order valence-electron chi connectivity index (χ3n) is 4.89. The third kappa shape index (κ3) is 4.34. The Morgan fingerprint density at radius 3 is 2.41 bits per heavy atom. The predicted molar refractivity (Wildman–Crippen MR) is 101 cm³/mol. The highest BCUT2D eigenvalue weighted by Crippen LogP contribution is 2.37. The summed E-state index contributed by atoms with van der Waals surface area (Å²) in [5, 5.41) is 15.7. The van der Waals surface area contributed by atoms with Gasteiger partial charge >= 0.3 is 18.4 Å². The first-order valence-electron chi connectivity index (χ1n) is 9.29. The van der Waals surface area contributed by atoms with Gasteiger partial charge in [-0.2, -0.15) is 22.0 Å². The molecule has 1 aliphatic rings. The van der Waals surface area contributed by atoms with Gasteiger partial charge in [-0.25, -0.2) is 14.5 Å². The van der Waals surface area contributed by atoms with E-state index in [0.717, 1.165) is 23.3 Å². The lowest BCUT2D eigenvalue weighted by molar-refractivity contribution is -0.360. The summed E-state index contributed by atoms with van der Waals surface area (Å²) in [5.74, 6) is -0.286. The Bertz CT molecular complexity index is 1140. The number of amides is 1. The van der Waals surface area contributed by atoms with Crippen molar-refractivity contribution in [3.63, 3.8) is 0 Å². The number of hydrogen-bond donors (Lipinski definition) is 2. The normalized spacial score (nSPS) is 16.0. The van der Waals surface area contributed by atoms with Crippen LogP contribution in [0.25, 0.3) is 17.1 Å². The maximum atomic E-state index is 13.0. The SMILES string of the molecule is O=C(O)NC1Cc2ccc(-c3ncn(-c4ccc(OC(F)(F)C(F)(F)F)cc4)n3)cc2C1. The zero-order chi connectivity index (χ0) is 23.1. The van der Waals surface area contributed by atoms with Crippen LogP contribution in [-0.4, -0.2) is 44.3 Å². The van der Waals surface area contributed by atoms with E-state index < -0.39 is 24.1 Å². The number of aromatic nitrogens is 3. The lowest BCUT2D eigenvalue weighted by Gasteiger charge is -2.20. The number of rotatable bonds is 5. The number of halogens is 5. The van der Waals surface area contributed by atoms with E-state index in [1.165, 1.54) is 23.1 Å². The average Bonchev–Trinajstić information content (AvgIpc) is 3.33. The second-order valence-electron chi connectivity index (χ2n) is 7.16. The summed E-state index contributed by atoms with van der Waals surface area (Å²) in [5.41, 5.74) is 3.07. The number of carboxylic acid groups (broad SMARTS) is 1. The molecule has 1 atom stereocenters. The van der Waals surface area contributed by atoms with Crippen molar-refractivity contribution in [3.05, 3.63) is 59.9 Å². The Morgan fingerprint density at radius 2 is 1.75 bits per heavy atom. The Hall–Kier alpha value is -3.70. The van der Waals surface area contributed by atoms with Crippen molar-refractivity contribution in [2.45, 2.75) is 31.2 Å². The van der Waals surface area contributed by atoms with E-state index >= 15 is 0 Å². The fourth-order valence-corrected chi connectivity index (χ4v) is 3.43. The van der Waals surface area contributed by atoms with Gasteiger partial charge in [0.25, 0.3) is 0 Å². The first kappa shape index (κ1) is 21.5. The summed E-state index contributed by atoms with van der Waals surface area (Å²) >= 11 is 0. The Morgan fingerprint density at radius 1 is 1.06 bits per heavy atom. The summed E-state index contributed by atoms with van der Waals surface area (Å²) in [7, 11) is 0. The van der Waals surface area contributed by atoms with E-state index in [1.807, 2.05) is 12.1 Å². The lowest BCUT2D eigenvalue weighted by atomic mass is 10.1. The van der Waals surface area contributed by atoms with Gasteiger partial charge in [0, 0.05) is 11.6 Å². The molecule has 7 nitrogen and oxygen atoms in total. The van der Waals surface area contributed by atoms with Gasteiger partial charge in [0.15, 0.2) is 5.82 Å². The topological polar surface area (TPSA) is 89.3 Å². The fraction of sp³-hybridized carbons (Fsp3) is 0.250. The highest BCUT2D eigenvalue weighted by molar-refractivity contribution is 5.65. The molecule has 32 heavy (non-hydrogen) atoms. The molecule has 2 aromatic carbocycles. The van der Waals surface area contributed by atoms with E-state index in [0.29, 0.717) is 29.9 Å². The molecule has 1 heterocycles. The van der Waals surface area contributed by atoms with Crippen LogP contribution < -0.4 is 10.1 Å². The monoisotopic (exact) mass is 454 g/mol. The van der Waals surface area contributed by atoms with E-state index in [-0.39, 0.29) is 6.04 Å². The van der Waals surface area contributed by atoms with Gasteiger partial charge in [-0.05, 0) is 54.3 Å². The average molecular weight is 454 g/mol. The smallest absolute Gasteiger partial charge is 0.465 e. The van der Waals surface area contributed by atoms with Crippen molar-refractivity contribution >= 4 is 6.09 Å². The molecule has 2 N–H and O–H groups in total. The minimum Gasteiger partial charge on any atom is -0.465 e. The molecule has 12 heteroatoms. The molecule has 1 unspecified atom stereocenters. The Kier molecular flexibility index (Phi) is 5.23. The number of fused-ring (bicyclic) bond motifs is 1. The zero-order valence-electron chi connectivity index (χ0n) is 16.1. The van der Waals surface area contributed by atoms with Gasteiger partial charge in [0.05, 0.1) is 5.69 Å². The minimum absolute atomic E-state index is 0.200. The third-order valence-corrected chi connectivity index (χ3v) is 4.89. The standard InChI is InChI=1S/C20H15F5N4O3/c21-19(22,23)20(24,25)32-16-5-3-15(4-6-16)29-10-26-17(28-29)12-2-1-11-8-14(27-18(30)31)9-13(11)7-12/h1-7,10,14,27H,8-9H2,(H,30,31). The summed E-state index contributed by atoms with van der Waals surface area (Å²) in [6.07, 6.45) is -9.71. The van der Waals surface area contributed by atoms with Crippen molar-refractivity contribution in [2.75, 3.05) is 0 Å². The van der Waals surface area contributed by atoms with Crippen LogP contribution in [0, 0.1) is 0 Å². The number of alkyl halides is 5. The number of nitrogens with one attached hydrogen (secondary N) is 1. The Labute approximate surface area is 177 Å². The lowest BCUT2D eigenvalue weighted by Crippen LogP contribution is -2.41.